The summed E-state index contributed by atoms with van der Waals surface area (Å²) in [6.07, 6.45) is 0.620. The van der Waals surface area contributed by atoms with Gasteiger partial charge in [-0.2, -0.15) is 5.26 Å². The van der Waals surface area contributed by atoms with Crippen molar-refractivity contribution in [2.75, 3.05) is 10.0 Å². The number of hydrogen-bond acceptors (Lipinski definition) is 5. The number of hydrogen-bond donors (Lipinski definition) is 2. The topological polar surface area (TPSA) is 108 Å². The van der Waals surface area contributed by atoms with Gasteiger partial charge in [-0.3, -0.25) is 9.52 Å². The molecule has 0 fully saturated rings. The van der Waals surface area contributed by atoms with E-state index >= 15 is 0 Å². The SMILES string of the molecule is CC(=O)Nc1ccc(S(=O)(=O)Nc2ccc(Oc3ccc(Cl)c(Cc4ccccc4)c3)c(C#N)c2)cc1. The number of nitriles is 1. The van der Waals surface area contributed by atoms with Crippen LogP contribution in [0.5, 0.6) is 11.5 Å². The Hall–Kier alpha value is -4.32. The molecule has 1 amide bonds. The molecular weight excluding hydrogens is 510 g/mol. The van der Waals surface area contributed by atoms with Gasteiger partial charge in [-0.15, -0.1) is 0 Å². The first-order valence-corrected chi connectivity index (χ1v) is 13.0. The Morgan fingerprint density at radius 3 is 2.32 bits per heavy atom. The number of carbonyl (C=O) groups is 1. The van der Waals surface area contributed by atoms with Gasteiger partial charge < -0.3 is 10.1 Å². The molecule has 9 heteroatoms. The summed E-state index contributed by atoms with van der Waals surface area (Å²) in [5.41, 5.74) is 2.81. The number of ether oxygens (including phenoxy) is 1. The van der Waals surface area contributed by atoms with Crippen LogP contribution >= 0.6 is 11.6 Å². The predicted molar refractivity (Wildman–Crippen MR) is 143 cm³/mol. The molecule has 186 valence electrons. The molecule has 0 saturated carbocycles. The highest BCUT2D eigenvalue weighted by atomic mass is 35.5. The zero-order chi connectivity index (χ0) is 26.4. The normalized spacial score (nSPS) is 10.8. The van der Waals surface area contributed by atoms with Gasteiger partial charge in [0.05, 0.1) is 16.1 Å². The monoisotopic (exact) mass is 531 g/mol. The highest BCUT2D eigenvalue weighted by Crippen LogP contribution is 2.31. The lowest BCUT2D eigenvalue weighted by molar-refractivity contribution is -0.114. The molecule has 0 atom stereocenters. The molecule has 4 rings (SSSR count). The van der Waals surface area contributed by atoms with E-state index < -0.39 is 10.0 Å². The Balaban J connectivity index is 1.52. The molecule has 0 bridgehead atoms. The second-order valence-corrected chi connectivity index (χ2v) is 10.2. The molecule has 0 aromatic heterocycles. The molecular formula is C28H22ClN3O4S. The van der Waals surface area contributed by atoms with Crippen molar-refractivity contribution in [3.05, 3.63) is 113 Å². The standard InChI is InChI=1S/C28H22ClN3O4S/c1-19(33)31-23-7-11-26(12-8-23)37(34,35)32-24-9-14-28(22(16-24)18-30)36-25-10-13-27(29)21(17-25)15-20-5-3-2-4-6-20/h2-14,16-17,32H,15H2,1H3,(H,31,33). The third-order valence-corrected chi connectivity index (χ3v) is 7.09. The number of benzene rings is 4. The van der Waals surface area contributed by atoms with E-state index in [0.29, 0.717) is 22.9 Å². The van der Waals surface area contributed by atoms with Crippen LogP contribution < -0.4 is 14.8 Å². The summed E-state index contributed by atoms with van der Waals surface area (Å²) < 4.78 is 34.0. The number of anilines is 2. The van der Waals surface area contributed by atoms with E-state index in [1.807, 2.05) is 42.5 Å². The number of sulfonamides is 1. The molecule has 0 aliphatic rings. The van der Waals surface area contributed by atoms with Crippen LogP contribution in [-0.2, 0) is 21.2 Å². The first-order chi connectivity index (χ1) is 17.7. The van der Waals surface area contributed by atoms with E-state index in [4.69, 9.17) is 16.3 Å². The summed E-state index contributed by atoms with van der Waals surface area (Å²) in [5, 5.41) is 12.9. The molecule has 2 N–H and O–H groups in total. The minimum absolute atomic E-state index is 0.00699. The zero-order valence-electron chi connectivity index (χ0n) is 19.7. The lowest BCUT2D eigenvalue weighted by atomic mass is 10.0. The van der Waals surface area contributed by atoms with Crippen molar-refractivity contribution in [2.45, 2.75) is 18.2 Å². The fourth-order valence-corrected chi connectivity index (χ4v) is 4.83. The van der Waals surface area contributed by atoms with Gasteiger partial charge >= 0.3 is 0 Å². The predicted octanol–water partition coefficient (Wildman–Crippen LogP) is 6.35. The van der Waals surface area contributed by atoms with Crippen LogP contribution in [0.25, 0.3) is 0 Å². The average molecular weight is 532 g/mol. The first-order valence-electron chi connectivity index (χ1n) is 11.2. The minimum Gasteiger partial charge on any atom is -0.456 e. The number of nitrogens with one attached hydrogen (secondary N) is 2. The Bertz CT molecular complexity index is 1580. The quantitative estimate of drug-likeness (QED) is 0.275. The maximum Gasteiger partial charge on any atom is 0.261 e. The number of amides is 1. The van der Waals surface area contributed by atoms with Crippen LogP contribution in [0.15, 0.2) is 95.9 Å². The molecule has 37 heavy (non-hydrogen) atoms. The Kier molecular flexibility index (Phi) is 7.77. The lowest BCUT2D eigenvalue weighted by Crippen LogP contribution is -2.13. The zero-order valence-corrected chi connectivity index (χ0v) is 21.3. The van der Waals surface area contributed by atoms with Crippen molar-refractivity contribution < 1.29 is 17.9 Å². The van der Waals surface area contributed by atoms with E-state index in [2.05, 4.69) is 10.0 Å². The first kappa shape index (κ1) is 25.8. The molecule has 4 aromatic rings. The Morgan fingerprint density at radius 1 is 0.946 bits per heavy atom. The molecule has 0 aliphatic carbocycles. The smallest absolute Gasteiger partial charge is 0.261 e. The minimum atomic E-state index is -3.92. The second-order valence-electron chi connectivity index (χ2n) is 8.15. The Labute approximate surface area is 220 Å². The number of halogens is 1. The summed E-state index contributed by atoms with van der Waals surface area (Å²) >= 11 is 6.38. The van der Waals surface area contributed by atoms with Crippen molar-refractivity contribution in [1.29, 1.82) is 5.26 Å². The third-order valence-electron chi connectivity index (χ3n) is 5.32. The fraction of sp³-hybridized carbons (Fsp3) is 0.0714. The van der Waals surface area contributed by atoms with Crippen LogP contribution in [0, 0.1) is 11.3 Å². The van der Waals surface area contributed by atoms with Gasteiger partial charge in [-0.25, -0.2) is 8.42 Å². The van der Waals surface area contributed by atoms with Gasteiger partial charge in [0.15, 0.2) is 0 Å². The molecule has 0 unspecified atom stereocenters. The summed E-state index contributed by atoms with van der Waals surface area (Å²) in [6.45, 7) is 1.36. The molecule has 0 heterocycles. The van der Waals surface area contributed by atoms with Crippen LogP contribution in [0.3, 0.4) is 0 Å². The van der Waals surface area contributed by atoms with E-state index in [-0.39, 0.29) is 27.8 Å². The molecule has 4 aromatic carbocycles. The van der Waals surface area contributed by atoms with E-state index in [1.54, 1.807) is 12.1 Å². The second kappa shape index (κ2) is 11.2. The van der Waals surface area contributed by atoms with Crippen LogP contribution in [0.4, 0.5) is 11.4 Å². The molecule has 0 spiro atoms. The van der Waals surface area contributed by atoms with Gasteiger partial charge in [-0.1, -0.05) is 41.9 Å². The van der Waals surface area contributed by atoms with Gasteiger partial charge in [0.2, 0.25) is 5.91 Å². The largest absolute Gasteiger partial charge is 0.456 e. The van der Waals surface area contributed by atoms with Gasteiger partial charge in [0.25, 0.3) is 10.0 Å². The molecule has 0 aliphatic heterocycles. The molecule has 0 radical (unpaired) electrons. The van der Waals surface area contributed by atoms with Gasteiger partial charge in [0, 0.05) is 17.6 Å². The number of rotatable bonds is 8. The van der Waals surface area contributed by atoms with Crippen LogP contribution in [0.2, 0.25) is 5.02 Å². The highest BCUT2D eigenvalue weighted by Gasteiger charge is 2.16. The van der Waals surface area contributed by atoms with Crippen molar-refractivity contribution in [3.8, 4) is 17.6 Å². The van der Waals surface area contributed by atoms with Crippen molar-refractivity contribution >= 4 is 38.9 Å². The fourth-order valence-electron chi connectivity index (χ4n) is 3.60. The average Bonchev–Trinajstić information content (AvgIpc) is 2.87. The third kappa shape index (κ3) is 6.67. The van der Waals surface area contributed by atoms with Gasteiger partial charge in [-0.05, 0) is 78.2 Å². The van der Waals surface area contributed by atoms with Crippen LogP contribution in [0.1, 0.15) is 23.6 Å². The van der Waals surface area contributed by atoms with E-state index in [0.717, 1.165) is 11.1 Å². The maximum atomic E-state index is 12.8. The van der Waals surface area contributed by atoms with E-state index in [9.17, 15) is 18.5 Å². The summed E-state index contributed by atoms with van der Waals surface area (Å²) in [5.74, 6) is 0.517. The molecule has 0 saturated heterocycles. The Morgan fingerprint density at radius 2 is 1.65 bits per heavy atom. The number of carbonyl (C=O) groups excluding carboxylic acids is 1. The number of nitrogens with zero attached hydrogens (tertiary/aromatic N) is 1. The maximum absolute atomic E-state index is 12.8. The summed E-state index contributed by atoms with van der Waals surface area (Å²) in [7, 11) is -3.92. The summed E-state index contributed by atoms with van der Waals surface area (Å²) in [6, 6.07) is 27.4. The lowest BCUT2D eigenvalue weighted by Gasteiger charge is -2.13. The van der Waals surface area contributed by atoms with E-state index in [1.165, 1.54) is 49.4 Å². The van der Waals surface area contributed by atoms with Gasteiger partial charge in [0.1, 0.15) is 17.6 Å². The molecule has 7 nitrogen and oxygen atoms in total. The van der Waals surface area contributed by atoms with Crippen molar-refractivity contribution in [3.63, 3.8) is 0 Å². The summed E-state index contributed by atoms with van der Waals surface area (Å²) in [4.78, 5) is 11.2. The van der Waals surface area contributed by atoms with Crippen molar-refractivity contribution in [1.82, 2.24) is 0 Å². The van der Waals surface area contributed by atoms with Crippen LogP contribution in [-0.4, -0.2) is 14.3 Å². The highest BCUT2D eigenvalue weighted by molar-refractivity contribution is 7.92. The van der Waals surface area contributed by atoms with Crippen molar-refractivity contribution in [2.24, 2.45) is 0 Å².